The number of hydrogen-bond donors (Lipinski definition) is 2. The molecular formula is C15H24N2O. The van der Waals surface area contributed by atoms with Crippen molar-refractivity contribution in [2.45, 2.75) is 57.5 Å². The second-order valence-electron chi connectivity index (χ2n) is 5.72. The van der Waals surface area contributed by atoms with E-state index in [2.05, 4.69) is 11.9 Å². The van der Waals surface area contributed by atoms with E-state index in [1.54, 1.807) is 6.20 Å². The van der Waals surface area contributed by atoms with E-state index in [-0.39, 0.29) is 0 Å². The van der Waals surface area contributed by atoms with Crippen molar-refractivity contribution in [2.24, 2.45) is 5.92 Å². The van der Waals surface area contributed by atoms with Gasteiger partial charge >= 0.3 is 0 Å². The van der Waals surface area contributed by atoms with Crippen LogP contribution >= 0.6 is 0 Å². The fourth-order valence-corrected chi connectivity index (χ4v) is 3.07. The molecule has 0 bridgehead atoms. The molecule has 0 unspecified atom stereocenters. The predicted octanol–water partition coefficient (Wildman–Crippen LogP) is 2.93. The van der Waals surface area contributed by atoms with E-state index in [1.165, 1.54) is 12.8 Å². The van der Waals surface area contributed by atoms with Crippen LogP contribution in [0.1, 0.15) is 51.0 Å². The average Bonchev–Trinajstić information content (AvgIpc) is 2.32. The Hall–Kier alpha value is -1.09. The maximum absolute atomic E-state index is 10.6. The number of anilines is 1. The molecule has 18 heavy (non-hydrogen) atoms. The second-order valence-corrected chi connectivity index (χ2v) is 5.72. The highest BCUT2D eigenvalue weighted by molar-refractivity contribution is 5.32. The normalized spacial score (nSPS) is 28.2. The highest BCUT2D eigenvalue weighted by Crippen LogP contribution is 2.36. The predicted molar refractivity (Wildman–Crippen MR) is 74.2 cm³/mol. The Balaban J connectivity index is 1.93. The molecule has 1 aromatic heterocycles. The van der Waals surface area contributed by atoms with Crippen molar-refractivity contribution in [3.05, 3.63) is 23.9 Å². The maximum Gasteiger partial charge on any atom is 0.123 e. The summed E-state index contributed by atoms with van der Waals surface area (Å²) in [5.41, 5.74) is 6.24. The molecular weight excluding hydrogens is 224 g/mol. The van der Waals surface area contributed by atoms with Crippen LogP contribution in [0, 0.1) is 5.92 Å². The summed E-state index contributed by atoms with van der Waals surface area (Å²) in [7, 11) is 0. The summed E-state index contributed by atoms with van der Waals surface area (Å²) in [5.74, 6) is 1.36. The number of aromatic nitrogens is 1. The van der Waals surface area contributed by atoms with E-state index >= 15 is 0 Å². The number of pyridine rings is 1. The van der Waals surface area contributed by atoms with Crippen LogP contribution in [-0.2, 0) is 6.42 Å². The van der Waals surface area contributed by atoms with Crippen molar-refractivity contribution in [1.82, 2.24) is 4.98 Å². The van der Waals surface area contributed by atoms with Crippen LogP contribution < -0.4 is 5.73 Å². The quantitative estimate of drug-likeness (QED) is 0.861. The number of hydrogen-bond acceptors (Lipinski definition) is 3. The van der Waals surface area contributed by atoms with Crippen molar-refractivity contribution < 1.29 is 5.11 Å². The molecule has 0 aromatic carbocycles. The first-order chi connectivity index (χ1) is 8.61. The molecule has 0 saturated heterocycles. The van der Waals surface area contributed by atoms with Gasteiger partial charge in [-0.15, -0.1) is 0 Å². The summed E-state index contributed by atoms with van der Waals surface area (Å²) < 4.78 is 0. The standard InChI is InChI=1S/C15H24N2O/c1-2-3-12-4-7-15(18,8-5-12)11-13-6-9-17-14(16)10-13/h6,9-10,12,18H,2-5,7-8,11H2,1H3,(H2,16,17). The average molecular weight is 248 g/mol. The van der Waals surface area contributed by atoms with Gasteiger partial charge in [0, 0.05) is 12.6 Å². The Morgan fingerprint density at radius 3 is 2.78 bits per heavy atom. The lowest BCUT2D eigenvalue weighted by molar-refractivity contribution is -0.00986. The second kappa shape index (κ2) is 5.70. The largest absolute Gasteiger partial charge is 0.390 e. The third-order valence-corrected chi connectivity index (χ3v) is 4.11. The maximum atomic E-state index is 10.6. The lowest BCUT2D eigenvalue weighted by atomic mass is 9.75. The first-order valence-electron chi connectivity index (χ1n) is 7.04. The van der Waals surface area contributed by atoms with E-state index < -0.39 is 5.60 Å². The third-order valence-electron chi connectivity index (χ3n) is 4.11. The highest BCUT2D eigenvalue weighted by Gasteiger charge is 2.32. The summed E-state index contributed by atoms with van der Waals surface area (Å²) in [4.78, 5) is 3.99. The lowest BCUT2D eigenvalue weighted by Gasteiger charge is -2.36. The molecule has 0 amide bonds. The van der Waals surface area contributed by atoms with E-state index in [1.807, 2.05) is 12.1 Å². The molecule has 3 nitrogen and oxygen atoms in total. The summed E-state index contributed by atoms with van der Waals surface area (Å²) in [6.45, 7) is 2.24. The first-order valence-corrected chi connectivity index (χ1v) is 7.04. The van der Waals surface area contributed by atoms with Crippen molar-refractivity contribution in [3.63, 3.8) is 0 Å². The summed E-state index contributed by atoms with van der Waals surface area (Å²) in [6.07, 6.45) is 9.13. The van der Waals surface area contributed by atoms with Crippen molar-refractivity contribution in [1.29, 1.82) is 0 Å². The van der Waals surface area contributed by atoms with Gasteiger partial charge in [0.05, 0.1) is 5.60 Å². The number of rotatable bonds is 4. The monoisotopic (exact) mass is 248 g/mol. The molecule has 2 rings (SSSR count). The molecule has 1 aliphatic carbocycles. The van der Waals surface area contributed by atoms with Crippen LogP contribution in [0.5, 0.6) is 0 Å². The van der Waals surface area contributed by atoms with Gasteiger partial charge in [0.1, 0.15) is 5.82 Å². The van der Waals surface area contributed by atoms with Crippen molar-refractivity contribution >= 4 is 5.82 Å². The Labute approximate surface area is 109 Å². The first kappa shape index (κ1) is 13.3. The van der Waals surface area contributed by atoms with Crippen molar-refractivity contribution in [3.8, 4) is 0 Å². The van der Waals surface area contributed by atoms with Gasteiger partial charge in [0.2, 0.25) is 0 Å². The molecule has 0 radical (unpaired) electrons. The van der Waals surface area contributed by atoms with Gasteiger partial charge in [-0.2, -0.15) is 0 Å². The zero-order chi connectivity index (χ0) is 13.0. The molecule has 100 valence electrons. The van der Waals surface area contributed by atoms with Crippen LogP contribution in [0.25, 0.3) is 0 Å². The number of nitrogens with zero attached hydrogens (tertiary/aromatic N) is 1. The molecule has 1 fully saturated rings. The van der Waals surface area contributed by atoms with Gasteiger partial charge < -0.3 is 10.8 Å². The minimum Gasteiger partial charge on any atom is -0.390 e. The van der Waals surface area contributed by atoms with Gasteiger partial charge in [0.25, 0.3) is 0 Å². The van der Waals surface area contributed by atoms with E-state index in [4.69, 9.17) is 5.73 Å². The molecule has 1 heterocycles. The molecule has 0 aliphatic heterocycles. The molecule has 0 spiro atoms. The molecule has 3 heteroatoms. The van der Waals surface area contributed by atoms with E-state index in [9.17, 15) is 5.11 Å². The molecule has 1 saturated carbocycles. The zero-order valence-electron chi connectivity index (χ0n) is 11.2. The summed E-state index contributed by atoms with van der Waals surface area (Å²) in [5, 5.41) is 10.6. The van der Waals surface area contributed by atoms with Crippen LogP contribution in [-0.4, -0.2) is 15.7 Å². The lowest BCUT2D eigenvalue weighted by Crippen LogP contribution is -2.36. The van der Waals surface area contributed by atoms with Gasteiger partial charge in [-0.25, -0.2) is 4.98 Å². The Morgan fingerprint density at radius 1 is 1.44 bits per heavy atom. The van der Waals surface area contributed by atoms with Crippen LogP contribution in [0.3, 0.4) is 0 Å². The number of aliphatic hydroxyl groups is 1. The minimum absolute atomic E-state index is 0.530. The zero-order valence-corrected chi connectivity index (χ0v) is 11.2. The van der Waals surface area contributed by atoms with Gasteiger partial charge in [-0.3, -0.25) is 0 Å². The fourth-order valence-electron chi connectivity index (χ4n) is 3.07. The van der Waals surface area contributed by atoms with Gasteiger partial charge in [-0.05, 0) is 49.3 Å². The smallest absolute Gasteiger partial charge is 0.123 e. The minimum atomic E-state index is -0.530. The number of nitrogen functional groups attached to an aromatic ring is 1. The number of nitrogens with two attached hydrogens (primary N) is 1. The summed E-state index contributed by atoms with van der Waals surface area (Å²) >= 11 is 0. The van der Waals surface area contributed by atoms with Crippen molar-refractivity contribution in [2.75, 3.05) is 5.73 Å². The summed E-state index contributed by atoms with van der Waals surface area (Å²) in [6, 6.07) is 3.82. The molecule has 0 atom stereocenters. The molecule has 1 aliphatic rings. The Morgan fingerprint density at radius 2 is 2.17 bits per heavy atom. The van der Waals surface area contributed by atoms with E-state index in [0.717, 1.165) is 37.2 Å². The third kappa shape index (κ3) is 3.45. The topological polar surface area (TPSA) is 59.1 Å². The van der Waals surface area contributed by atoms with E-state index in [0.29, 0.717) is 12.2 Å². The Kier molecular flexibility index (Phi) is 4.23. The molecule has 1 aromatic rings. The van der Waals surface area contributed by atoms with Gasteiger partial charge in [0.15, 0.2) is 0 Å². The van der Waals surface area contributed by atoms with Crippen LogP contribution in [0.2, 0.25) is 0 Å². The van der Waals surface area contributed by atoms with Crippen LogP contribution in [0.15, 0.2) is 18.3 Å². The highest BCUT2D eigenvalue weighted by atomic mass is 16.3. The Bertz CT molecular complexity index is 384. The molecule has 3 N–H and O–H groups in total. The fraction of sp³-hybridized carbons (Fsp3) is 0.667. The van der Waals surface area contributed by atoms with Crippen LogP contribution in [0.4, 0.5) is 5.82 Å². The SMILES string of the molecule is CCCC1CCC(O)(Cc2ccnc(N)c2)CC1. The van der Waals surface area contributed by atoms with Gasteiger partial charge in [-0.1, -0.05) is 19.8 Å².